The molecule has 1 aliphatic rings. The Morgan fingerprint density at radius 1 is 1.30 bits per heavy atom. The first-order valence-electron chi connectivity index (χ1n) is 8.41. The molecular weight excluding hydrogens is 288 g/mol. The molecule has 1 atom stereocenters. The molecule has 5 heteroatoms. The molecule has 0 bridgehead atoms. The fourth-order valence-corrected chi connectivity index (χ4v) is 2.95. The number of hydrogen-bond acceptors (Lipinski definition) is 3. The van der Waals surface area contributed by atoms with Crippen molar-refractivity contribution in [1.82, 2.24) is 20.4 Å². The molecule has 1 unspecified atom stereocenters. The molecule has 1 fully saturated rings. The summed E-state index contributed by atoms with van der Waals surface area (Å²) in [7, 11) is 0. The molecule has 1 aromatic heterocycles. The largest absolute Gasteiger partial charge is 0.351 e. The molecule has 1 saturated heterocycles. The summed E-state index contributed by atoms with van der Waals surface area (Å²) in [5, 5.41) is 10.8. The number of aromatic nitrogens is 2. The van der Waals surface area contributed by atoms with Gasteiger partial charge in [0.2, 0.25) is 0 Å². The number of nitrogens with one attached hydrogen (secondary N) is 2. The van der Waals surface area contributed by atoms with E-state index in [1.807, 2.05) is 29.1 Å². The molecule has 2 heterocycles. The Bertz CT molecular complexity index is 617. The van der Waals surface area contributed by atoms with Gasteiger partial charge in [-0.15, -0.1) is 0 Å². The van der Waals surface area contributed by atoms with Crippen molar-refractivity contribution < 1.29 is 4.79 Å². The van der Waals surface area contributed by atoms with Gasteiger partial charge in [-0.25, -0.2) is 0 Å². The minimum Gasteiger partial charge on any atom is -0.351 e. The summed E-state index contributed by atoms with van der Waals surface area (Å²) in [5.74, 6) is -0.0828. The van der Waals surface area contributed by atoms with Gasteiger partial charge >= 0.3 is 0 Å². The van der Waals surface area contributed by atoms with Gasteiger partial charge in [-0.2, -0.15) is 5.10 Å². The standard InChI is InChI=1S/C18H24N4O/c23-18(20-12-4-8-15-6-2-1-3-7-15)17-10-13-22(21-17)16-9-5-11-19-14-16/h1-3,6-7,10,13,16,19H,4-5,8-9,11-12,14H2,(H,20,23). The van der Waals surface area contributed by atoms with Gasteiger partial charge in [0, 0.05) is 19.3 Å². The Hall–Kier alpha value is -2.14. The predicted octanol–water partition coefficient (Wildman–Crippen LogP) is 2.17. The molecule has 0 spiro atoms. The average molecular weight is 312 g/mol. The maximum atomic E-state index is 12.1. The van der Waals surface area contributed by atoms with E-state index in [9.17, 15) is 4.79 Å². The highest BCUT2D eigenvalue weighted by Crippen LogP contribution is 2.15. The lowest BCUT2D eigenvalue weighted by atomic mass is 10.1. The number of aryl methyl sites for hydroxylation is 1. The van der Waals surface area contributed by atoms with E-state index >= 15 is 0 Å². The number of piperidine rings is 1. The van der Waals surface area contributed by atoms with Crippen LogP contribution in [-0.4, -0.2) is 35.3 Å². The van der Waals surface area contributed by atoms with Crippen molar-refractivity contribution in [2.24, 2.45) is 0 Å². The van der Waals surface area contributed by atoms with E-state index in [0.717, 1.165) is 38.8 Å². The lowest BCUT2D eigenvalue weighted by Crippen LogP contribution is -2.32. The number of nitrogens with zero attached hydrogens (tertiary/aromatic N) is 2. The van der Waals surface area contributed by atoms with E-state index < -0.39 is 0 Å². The van der Waals surface area contributed by atoms with Gasteiger partial charge < -0.3 is 10.6 Å². The minimum atomic E-state index is -0.0828. The zero-order chi connectivity index (χ0) is 15.9. The smallest absolute Gasteiger partial charge is 0.271 e. The molecular formula is C18H24N4O. The molecule has 2 N–H and O–H groups in total. The third kappa shape index (κ3) is 4.42. The Morgan fingerprint density at radius 3 is 2.96 bits per heavy atom. The third-order valence-electron chi connectivity index (χ3n) is 4.26. The number of rotatable bonds is 6. The van der Waals surface area contributed by atoms with Gasteiger partial charge in [-0.3, -0.25) is 9.48 Å². The van der Waals surface area contributed by atoms with Crippen molar-refractivity contribution in [3.05, 3.63) is 53.9 Å². The highest BCUT2D eigenvalue weighted by atomic mass is 16.1. The third-order valence-corrected chi connectivity index (χ3v) is 4.26. The zero-order valence-corrected chi connectivity index (χ0v) is 13.4. The van der Waals surface area contributed by atoms with Gasteiger partial charge in [-0.05, 0) is 43.9 Å². The van der Waals surface area contributed by atoms with Crippen LogP contribution in [0, 0.1) is 0 Å². The van der Waals surface area contributed by atoms with Gasteiger partial charge in [0.1, 0.15) is 5.69 Å². The summed E-state index contributed by atoms with van der Waals surface area (Å²) >= 11 is 0. The minimum absolute atomic E-state index is 0.0828. The van der Waals surface area contributed by atoms with Gasteiger partial charge in [-0.1, -0.05) is 30.3 Å². The Morgan fingerprint density at radius 2 is 2.17 bits per heavy atom. The summed E-state index contributed by atoms with van der Waals surface area (Å²) in [6, 6.07) is 12.5. The maximum absolute atomic E-state index is 12.1. The summed E-state index contributed by atoms with van der Waals surface area (Å²) in [4.78, 5) is 12.1. The summed E-state index contributed by atoms with van der Waals surface area (Å²) < 4.78 is 1.92. The second kappa shape index (κ2) is 7.92. The second-order valence-electron chi connectivity index (χ2n) is 6.03. The van der Waals surface area contributed by atoms with Crippen LogP contribution in [0.4, 0.5) is 0 Å². The molecule has 1 amide bonds. The van der Waals surface area contributed by atoms with E-state index in [0.29, 0.717) is 18.3 Å². The van der Waals surface area contributed by atoms with Crippen molar-refractivity contribution in [1.29, 1.82) is 0 Å². The van der Waals surface area contributed by atoms with E-state index in [-0.39, 0.29) is 5.91 Å². The van der Waals surface area contributed by atoms with Crippen LogP contribution < -0.4 is 10.6 Å². The molecule has 0 aliphatic carbocycles. The fraction of sp³-hybridized carbons (Fsp3) is 0.444. The van der Waals surface area contributed by atoms with Crippen LogP contribution in [0.1, 0.15) is 41.4 Å². The predicted molar refractivity (Wildman–Crippen MR) is 90.5 cm³/mol. The highest BCUT2D eigenvalue weighted by Gasteiger charge is 2.17. The number of hydrogen-bond donors (Lipinski definition) is 2. The van der Waals surface area contributed by atoms with E-state index in [1.165, 1.54) is 5.56 Å². The van der Waals surface area contributed by atoms with Crippen molar-refractivity contribution >= 4 is 5.91 Å². The molecule has 5 nitrogen and oxygen atoms in total. The summed E-state index contributed by atoms with van der Waals surface area (Å²) in [6.07, 6.45) is 6.10. The SMILES string of the molecule is O=C(NCCCc1ccccc1)c1ccn(C2CCCNC2)n1. The highest BCUT2D eigenvalue weighted by molar-refractivity contribution is 5.92. The van der Waals surface area contributed by atoms with Gasteiger partial charge in [0.05, 0.1) is 6.04 Å². The van der Waals surface area contributed by atoms with Crippen LogP contribution in [0.25, 0.3) is 0 Å². The van der Waals surface area contributed by atoms with Crippen molar-refractivity contribution in [3.8, 4) is 0 Å². The molecule has 1 aliphatic heterocycles. The summed E-state index contributed by atoms with van der Waals surface area (Å²) in [6.45, 7) is 2.68. The Labute approximate surface area is 137 Å². The van der Waals surface area contributed by atoms with Gasteiger partial charge in [0.15, 0.2) is 0 Å². The maximum Gasteiger partial charge on any atom is 0.271 e. The first-order valence-corrected chi connectivity index (χ1v) is 8.41. The molecule has 0 saturated carbocycles. The molecule has 122 valence electrons. The molecule has 1 aromatic carbocycles. The van der Waals surface area contributed by atoms with E-state index in [1.54, 1.807) is 6.07 Å². The zero-order valence-electron chi connectivity index (χ0n) is 13.4. The van der Waals surface area contributed by atoms with Crippen molar-refractivity contribution in [3.63, 3.8) is 0 Å². The van der Waals surface area contributed by atoms with E-state index in [4.69, 9.17) is 0 Å². The average Bonchev–Trinajstić information content (AvgIpc) is 3.10. The molecule has 3 rings (SSSR count). The van der Waals surface area contributed by atoms with Crippen LogP contribution in [0.3, 0.4) is 0 Å². The lowest BCUT2D eigenvalue weighted by molar-refractivity contribution is 0.0947. The lowest BCUT2D eigenvalue weighted by Gasteiger charge is -2.22. The van der Waals surface area contributed by atoms with Crippen molar-refractivity contribution in [2.45, 2.75) is 31.7 Å². The monoisotopic (exact) mass is 312 g/mol. The molecule has 0 radical (unpaired) electrons. The van der Waals surface area contributed by atoms with Crippen LogP contribution in [0.2, 0.25) is 0 Å². The Balaban J connectivity index is 1.44. The number of carbonyl (C=O) groups excluding carboxylic acids is 1. The van der Waals surface area contributed by atoms with Crippen LogP contribution in [0.5, 0.6) is 0 Å². The number of benzene rings is 1. The second-order valence-corrected chi connectivity index (χ2v) is 6.03. The van der Waals surface area contributed by atoms with Crippen LogP contribution >= 0.6 is 0 Å². The first-order chi connectivity index (χ1) is 11.3. The van der Waals surface area contributed by atoms with Gasteiger partial charge in [0.25, 0.3) is 5.91 Å². The number of amides is 1. The van der Waals surface area contributed by atoms with E-state index in [2.05, 4.69) is 27.9 Å². The molecule has 23 heavy (non-hydrogen) atoms. The fourth-order valence-electron chi connectivity index (χ4n) is 2.95. The topological polar surface area (TPSA) is 59.0 Å². The first kappa shape index (κ1) is 15.7. The normalized spacial score (nSPS) is 17.8. The Kier molecular flexibility index (Phi) is 5.42. The quantitative estimate of drug-likeness (QED) is 0.804. The van der Waals surface area contributed by atoms with Crippen molar-refractivity contribution in [2.75, 3.05) is 19.6 Å². The van der Waals surface area contributed by atoms with Crippen LogP contribution in [0.15, 0.2) is 42.6 Å². The van der Waals surface area contributed by atoms with Crippen LogP contribution in [-0.2, 0) is 6.42 Å². The summed E-state index contributed by atoms with van der Waals surface area (Å²) in [5.41, 5.74) is 1.81. The molecule has 2 aromatic rings. The number of carbonyl (C=O) groups is 1.